The molecule has 0 radical (unpaired) electrons. The summed E-state index contributed by atoms with van der Waals surface area (Å²) in [7, 11) is 0. The molecule has 0 aliphatic rings. The topological polar surface area (TPSA) is 26.0 Å². The van der Waals surface area contributed by atoms with E-state index in [0.29, 0.717) is 5.02 Å². The first kappa shape index (κ1) is 10.0. The molecule has 2 N–H and O–H groups in total. The van der Waals surface area contributed by atoms with Gasteiger partial charge in [0.2, 0.25) is 0 Å². The maximum atomic E-state index is 5.94. The molecule has 3 heteroatoms. The van der Waals surface area contributed by atoms with Crippen molar-refractivity contribution in [3.8, 4) is 0 Å². The van der Waals surface area contributed by atoms with E-state index in [4.69, 9.17) is 17.3 Å². The average molecular weight is 294 g/mol. The Labute approximate surface area is 90.7 Å². The Morgan fingerprint density at radius 1 is 1.58 bits per heavy atom. The third-order valence-electron chi connectivity index (χ3n) is 1.57. The van der Waals surface area contributed by atoms with Crippen molar-refractivity contribution in [2.24, 2.45) is 5.73 Å². The minimum absolute atomic E-state index is 0.174. The molecule has 0 aromatic heterocycles. The number of benzene rings is 1. The van der Waals surface area contributed by atoms with Gasteiger partial charge in [0, 0.05) is 14.6 Å². The lowest BCUT2D eigenvalue weighted by Crippen LogP contribution is -2.07. The van der Waals surface area contributed by atoms with E-state index in [2.05, 4.69) is 29.2 Å². The zero-order chi connectivity index (χ0) is 9.14. The van der Waals surface area contributed by atoms with Gasteiger partial charge in [0.15, 0.2) is 0 Å². The zero-order valence-electron chi connectivity index (χ0n) is 6.43. The van der Waals surface area contributed by atoms with Crippen LogP contribution in [0.3, 0.4) is 0 Å². The molecule has 0 aliphatic heterocycles. The van der Waals surface area contributed by atoms with Gasteiger partial charge < -0.3 is 5.73 Å². The van der Waals surface area contributed by atoms with Crippen molar-refractivity contribution >= 4 is 34.2 Å². The number of rotatable bonds is 2. The smallest absolute Gasteiger partial charge is 0.0493 e. The van der Waals surface area contributed by atoms with Crippen LogP contribution in [0.15, 0.2) is 30.9 Å². The van der Waals surface area contributed by atoms with E-state index in [1.807, 2.05) is 18.2 Å². The fraction of sp³-hybridized carbons (Fsp3) is 0.111. The number of hydrogen-bond donors (Lipinski definition) is 1. The second-order valence-electron chi connectivity index (χ2n) is 2.43. The summed E-state index contributed by atoms with van der Waals surface area (Å²) in [5, 5.41) is 0.697. The third kappa shape index (κ3) is 2.21. The van der Waals surface area contributed by atoms with Crippen molar-refractivity contribution < 1.29 is 0 Å². The van der Waals surface area contributed by atoms with Crippen LogP contribution < -0.4 is 5.73 Å². The molecule has 0 aliphatic carbocycles. The first-order valence-corrected chi connectivity index (χ1v) is 4.94. The van der Waals surface area contributed by atoms with Gasteiger partial charge in [0.25, 0.3) is 0 Å². The minimum Gasteiger partial charge on any atom is -0.321 e. The van der Waals surface area contributed by atoms with E-state index in [1.54, 1.807) is 6.08 Å². The molecule has 12 heavy (non-hydrogen) atoms. The molecule has 0 saturated heterocycles. The molecule has 64 valence electrons. The second kappa shape index (κ2) is 4.25. The lowest BCUT2D eigenvalue weighted by molar-refractivity contribution is 0.913. The average Bonchev–Trinajstić information content (AvgIpc) is 2.08. The van der Waals surface area contributed by atoms with Gasteiger partial charge in [-0.3, -0.25) is 0 Å². The van der Waals surface area contributed by atoms with Crippen LogP contribution in [0.1, 0.15) is 11.6 Å². The van der Waals surface area contributed by atoms with Gasteiger partial charge in [-0.05, 0) is 46.4 Å². The highest BCUT2D eigenvalue weighted by atomic mass is 127. The predicted octanol–water partition coefficient (Wildman–Crippen LogP) is 3.13. The third-order valence-corrected chi connectivity index (χ3v) is 2.59. The quantitative estimate of drug-likeness (QED) is 0.658. The van der Waals surface area contributed by atoms with Crippen molar-refractivity contribution in [3.63, 3.8) is 0 Å². The van der Waals surface area contributed by atoms with Crippen molar-refractivity contribution in [2.45, 2.75) is 6.04 Å². The Morgan fingerprint density at radius 3 is 2.83 bits per heavy atom. The summed E-state index contributed by atoms with van der Waals surface area (Å²) >= 11 is 8.16. The molecule has 1 rings (SSSR count). The maximum Gasteiger partial charge on any atom is 0.0493 e. The molecule has 0 bridgehead atoms. The molecule has 0 unspecified atom stereocenters. The Bertz CT molecular complexity index is 299. The normalized spacial score (nSPS) is 12.6. The summed E-state index contributed by atoms with van der Waals surface area (Å²) in [6.07, 6.45) is 1.68. The lowest BCUT2D eigenvalue weighted by atomic mass is 10.1. The monoisotopic (exact) mass is 293 g/mol. The zero-order valence-corrected chi connectivity index (χ0v) is 9.34. The van der Waals surface area contributed by atoms with Gasteiger partial charge in [-0.2, -0.15) is 0 Å². The lowest BCUT2D eigenvalue weighted by Gasteiger charge is -2.08. The molecule has 0 heterocycles. The summed E-state index contributed by atoms with van der Waals surface area (Å²) in [5.74, 6) is 0. The minimum atomic E-state index is -0.174. The van der Waals surface area contributed by atoms with Crippen LogP contribution in [-0.4, -0.2) is 0 Å². The highest BCUT2D eigenvalue weighted by Gasteiger charge is 2.06. The van der Waals surface area contributed by atoms with E-state index < -0.39 is 0 Å². The molecule has 0 fully saturated rings. The highest BCUT2D eigenvalue weighted by molar-refractivity contribution is 14.1. The van der Waals surface area contributed by atoms with Gasteiger partial charge in [-0.1, -0.05) is 17.7 Å². The fourth-order valence-electron chi connectivity index (χ4n) is 0.897. The van der Waals surface area contributed by atoms with Crippen molar-refractivity contribution in [2.75, 3.05) is 0 Å². The van der Waals surface area contributed by atoms with Crippen LogP contribution in [0.2, 0.25) is 5.02 Å². The molecule has 0 saturated carbocycles. The van der Waals surface area contributed by atoms with Gasteiger partial charge in [0.1, 0.15) is 0 Å². The summed E-state index contributed by atoms with van der Waals surface area (Å²) in [6, 6.07) is 5.59. The van der Waals surface area contributed by atoms with E-state index in [-0.39, 0.29) is 6.04 Å². The van der Waals surface area contributed by atoms with Gasteiger partial charge in [-0.15, -0.1) is 6.58 Å². The van der Waals surface area contributed by atoms with Gasteiger partial charge in [0.05, 0.1) is 0 Å². The second-order valence-corrected chi connectivity index (χ2v) is 4.08. The van der Waals surface area contributed by atoms with Crippen LogP contribution >= 0.6 is 34.2 Å². The summed E-state index contributed by atoms with van der Waals surface area (Å²) in [4.78, 5) is 0. The first-order valence-electron chi connectivity index (χ1n) is 3.48. The molecule has 1 atom stereocenters. The van der Waals surface area contributed by atoms with Crippen molar-refractivity contribution in [1.82, 2.24) is 0 Å². The van der Waals surface area contributed by atoms with Gasteiger partial charge in [-0.25, -0.2) is 0 Å². The predicted molar refractivity (Wildman–Crippen MR) is 61.3 cm³/mol. The van der Waals surface area contributed by atoms with Crippen LogP contribution in [0, 0.1) is 3.57 Å². The summed E-state index contributed by atoms with van der Waals surface area (Å²) in [5.41, 5.74) is 6.69. The summed E-state index contributed by atoms with van der Waals surface area (Å²) in [6.45, 7) is 3.62. The Morgan fingerprint density at radius 2 is 2.25 bits per heavy atom. The number of halogens is 2. The van der Waals surface area contributed by atoms with E-state index >= 15 is 0 Å². The van der Waals surface area contributed by atoms with Crippen molar-refractivity contribution in [3.05, 3.63) is 45.0 Å². The van der Waals surface area contributed by atoms with Crippen LogP contribution in [0.5, 0.6) is 0 Å². The number of hydrogen-bond acceptors (Lipinski definition) is 1. The van der Waals surface area contributed by atoms with E-state index in [1.165, 1.54) is 0 Å². The largest absolute Gasteiger partial charge is 0.321 e. The Kier molecular flexibility index (Phi) is 3.55. The Hall–Kier alpha value is -0.0600. The summed E-state index contributed by atoms with van der Waals surface area (Å²) < 4.78 is 1.13. The molecule has 0 spiro atoms. The SMILES string of the molecule is C=C[C@@H](N)c1cc(I)ccc1Cl. The van der Waals surface area contributed by atoms with Crippen LogP contribution in [0.4, 0.5) is 0 Å². The van der Waals surface area contributed by atoms with Crippen LogP contribution in [-0.2, 0) is 0 Å². The molecule has 0 amide bonds. The van der Waals surface area contributed by atoms with Gasteiger partial charge >= 0.3 is 0 Å². The fourth-order valence-corrected chi connectivity index (χ4v) is 1.66. The van der Waals surface area contributed by atoms with Crippen LogP contribution in [0.25, 0.3) is 0 Å². The molecule has 1 aromatic rings. The number of nitrogens with two attached hydrogens (primary N) is 1. The first-order chi connectivity index (χ1) is 5.65. The standard InChI is InChI=1S/C9H9ClIN/c1-2-9(12)7-5-6(11)3-4-8(7)10/h2-5,9H,1,12H2/t9-/m1/s1. The maximum absolute atomic E-state index is 5.94. The molecular formula is C9H9ClIN. The molecule has 1 aromatic carbocycles. The molecular weight excluding hydrogens is 284 g/mol. The van der Waals surface area contributed by atoms with Crippen molar-refractivity contribution in [1.29, 1.82) is 0 Å². The highest BCUT2D eigenvalue weighted by Crippen LogP contribution is 2.23. The van der Waals surface area contributed by atoms with E-state index in [9.17, 15) is 0 Å². The molecule has 1 nitrogen and oxygen atoms in total. The Balaban J connectivity index is 3.12. The van der Waals surface area contributed by atoms with E-state index in [0.717, 1.165) is 9.13 Å².